The predicted octanol–water partition coefficient (Wildman–Crippen LogP) is 2.13. The van der Waals surface area contributed by atoms with Gasteiger partial charge in [0.15, 0.2) is 5.82 Å². The van der Waals surface area contributed by atoms with Gasteiger partial charge >= 0.3 is 0 Å². The Morgan fingerprint density at radius 1 is 1.40 bits per heavy atom. The highest BCUT2D eigenvalue weighted by Gasteiger charge is 2.14. The van der Waals surface area contributed by atoms with Gasteiger partial charge in [-0.3, -0.25) is 0 Å². The van der Waals surface area contributed by atoms with Crippen molar-refractivity contribution < 1.29 is 4.74 Å². The zero-order valence-electron chi connectivity index (χ0n) is 12.0. The normalized spacial score (nSPS) is 11.1. The Labute approximate surface area is 123 Å². The first-order chi connectivity index (χ1) is 9.52. The summed E-state index contributed by atoms with van der Waals surface area (Å²) >= 11 is 6.12. The van der Waals surface area contributed by atoms with Gasteiger partial charge in [-0.2, -0.15) is 4.68 Å². The van der Waals surface area contributed by atoms with Gasteiger partial charge in [0.25, 0.3) is 0 Å². The minimum Gasteiger partial charge on any atom is -0.494 e. The molecule has 0 atom stereocenters. The summed E-state index contributed by atoms with van der Waals surface area (Å²) in [5.41, 5.74) is 1.72. The Morgan fingerprint density at radius 3 is 2.80 bits per heavy atom. The molecule has 0 saturated heterocycles. The molecule has 2 aromatic rings. The molecule has 0 aliphatic heterocycles. The van der Waals surface area contributed by atoms with Crippen molar-refractivity contribution in [2.75, 3.05) is 7.11 Å². The van der Waals surface area contributed by atoms with E-state index in [-0.39, 0.29) is 0 Å². The highest BCUT2D eigenvalue weighted by molar-refractivity contribution is 6.31. The fraction of sp³-hybridized carbons (Fsp3) is 0.462. The molecule has 0 aliphatic rings. The van der Waals surface area contributed by atoms with Crippen molar-refractivity contribution in [2.45, 2.75) is 33.4 Å². The van der Waals surface area contributed by atoms with Crippen LogP contribution in [0.4, 0.5) is 0 Å². The molecule has 2 rings (SSSR count). The van der Waals surface area contributed by atoms with Crippen LogP contribution >= 0.6 is 11.6 Å². The molecule has 0 saturated carbocycles. The number of hydrogen-bond acceptors (Lipinski definition) is 5. The van der Waals surface area contributed by atoms with E-state index in [2.05, 4.69) is 34.7 Å². The topological polar surface area (TPSA) is 64.9 Å². The third-order valence-corrected chi connectivity index (χ3v) is 3.30. The van der Waals surface area contributed by atoms with Gasteiger partial charge in [0.05, 0.1) is 13.7 Å². The average molecular weight is 296 g/mol. The number of rotatable bonds is 5. The first-order valence-electron chi connectivity index (χ1n) is 6.38. The lowest BCUT2D eigenvalue weighted by Crippen LogP contribution is -2.24. The van der Waals surface area contributed by atoms with E-state index in [1.54, 1.807) is 17.9 Å². The Bertz CT molecular complexity index is 596. The third kappa shape index (κ3) is 3.08. The van der Waals surface area contributed by atoms with Crippen LogP contribution in [-0.4, -0.2) is 33.4 Å². The molecule has 0 amide bonds. The molecular formula is C13H18ClN5O. The van der Waals surface area contributed by atoms with Gasteiger partial charge in [-0.25, -0.2) is 0 Å². The molecule has 0 bridgehead atoms. The van der Waals surface area contributed by atoms with Crippen LogP contribution in [0.5, 0.6) is 5.75 Å². The third-order valence-electron chi connectivity index (χ3n) is 2.89. The number of nitrogens with zero attached hydrogens (tertiary/aromatic N) is 4. The molecule has 108 valence electrons. The van der Waals surface area contributed by atoms with Crippen molar-refractivity contribution in [3.05, 3.63) is 28.5 Å². The van der Waals surface area contributed by atoms with E-state index >= 15 is 0 Å². The van der Waals surface area contributed by atoms with Gasteiger partial charge in [-0.15, -0.1) is 5.10 Å². The summed E-state index contributed by atoms with van der Waals surface area (Å²) < 4.78 is 7.03. The van der Waals surface area contributed by atoms with Gasteiger partial charge in [0, 0.05) is 17.1 Å². The second kappa shape index (κ2) is 6.19. The lowest BCUT2D eigenvalue weighted by Gasteiger charge is -2.12. The summed E-state index contributed by atoms with van der Waals surface area (Å²) in [6, 6.07) is 4.04. The maximum Gasteiger partial charge on any atom is 0.170 e. The summed E-state index contributed by atoms with van der Waals surface area (Å²) in [4.78, 5) is 0. The van der Waals surface area contributed by atoms with Gasteiger partial charge < -0.3 is 10.1 Å². The second-order valence-electron chi connectivity index (χ2n) is 4.82. The van der Waals surface area contributed by atoms with E-state index in [9.17, 15) is 0 Å². The molecule has 0 radical (unpaired) electrons. The van der Waals surface area contributed by atoms with Crippen molar-refractivity contribution in [3.63, 3.8) is 0 Å². The number of hydrogen-bond donors (Lipinski definition) is 1. The summed E-state index contributed by atoms with van der Waals surface area (Å²) in [5, 5.41) is 15.8. The molecule has 1 aromatic carbocycles. The van der Waals surface area contributed by atoms with Gasteiger partial charge in [-0.1, -0.05) is 25.4 Å². The van der Waals surface area contributed by atoms with Crippen LogP contribution in [0.15, 0.2) is 12.1 Å². The Balaban J connectivity index is 2.41. The first kappa shape index (κ1) is 14.7. The van der Waals surface area contributed by atoms with E-state index in [0.717, 1.165) is 17.1 Å². The lowest BCUT2D eigenvalue weighted by atomic mass is 10.2. The number of aryl methyl sites for hydroxylation is 1. The summed E-state index contributed by atoms with van der Waals surface area (Å²) in [6.07, 6.45) is 0. The zero-order chi connectivity index (χ0) is 14.7. The summed E-state index contributed by atoms with van der Waals surface area (Å²) in [7, 11) is 1.60. The SMILES string of the molecule is COc1cc(Cl)c(C)cc1-n1nnnc1CNC(C)C. The Morgan fingerprint density at radius 2 is 2.15 bits per heavy atom. The van der Waals surface area contributed by atoms with Gasteiger partial charge in [0.1, 0.15) is 11.4 Å². The van der Waals surface area contributed by atoms with Crippen LogP contribution in [0.3, 0.4) is 0 Å². The second-order valence-corrected chi connectivity index (χ2v) is 5.22. The number of benzene rings is 1. The molecule has 0 fully saturated rings. The van der Waals surface area contributed by atoms with Crippen LogP contribution < -0.4 is 10.1 Å². The largest absolute Gasteiger partial charge is 0.494 e. The van der Waals surface area contributed by atoms with Crippen LogP contribution in [0.1, 0.15) is 25.2 Å². The van der Waals surface area contributed by atoms with Crippen LogP contribution in [0.2, 0.25) is 5.02 Å². The predicted molar refractivity (Wildman–Crippen MR) is 77.4 cm³/mol. The smallest absolute Gasteiger partial charge is 0.170 e. The highest BCUT2D eigenvalue weighted by atomic mass is 35.5. The van der Waals surface area contributed by atoms with Crippen LogP contribution in [0, 0.1) is 6.92 Å². The Kier molecular flexibility index (Phi) is 4.57. The fourth-order valence-corrected chi connectivity index (χ4v) is 1.93. The summed E-state index contributed by atoms with van der Waals surface area (Å²) in [5.74, 6) is 1.36. The molecule has 20 heavy (non-hydrogen) atoms. The van der Waals surface area contributed by atoms with E-state index in [4.69, 9.17) is 16.3 Å². The van der Waals surface area contributed by atoms with Crippen molar-refractivity contribution >= 4 is 11.6 Å². The Hall–Kier alpha value is -1.66. The maximum atomic E-state index is 6.12. The molecular weight excluding hydrogens is 278 g/mol. The standard InChI is InChI=1S/C13H18ClN5O/c1-8(2)15-7-13-16-17-18-19(13)11-5-9(3)10(14)6-12(11)20-4/h5-6,8,15H,7H2,1-4H3. The zero-order valence-corrected chi connectivity index (χ0v) is 12.8. The number of nitrogens with one attached hydrogen (secondary N) is 1. The van der Waals surface area contributed by atoms with E-state index in [0.29, 0.717) is 23.4 Å². The monoisotopic (exact) mass is 295 g/mol. The van der Waals surface area contributed by atoms with Gasteiger partial charge in [0.2, 0.25) is 0 Å². The minimum absolute atomic E-state index is 0.356. The number of tetrazole rings is 1. The first-order valence-corrected chi connectivity index (χ1v) is 6.76. The molecule has 1 aromatic heterocycles. The van der Waals surface area contributed by atoms with Crippen LogP contribution in [0.25, 0.3) is 5.69 Å². The highest BCUT2D eigenvalue weighted by Crippen LogP contribution is 2.29. The molecule has 6 nitrogen and oxygen atoms in total. The molecule has 0 unspecified atom stereocenters. The van der Waals surface area contributed by atoms with Crippen molar-refractivity contribution in [2.24, 2.45) is 0 Å². The molecule has 7 heteroatoms. The molecule has 1 heterocycles. The quantitative estimate of drug-likeness (QED) is 0.915. The molecule has 0 aliphatic carbocycles. The van der Waals surface area contributed by atoms with Crippen molar-refractivity contribution in [1.29, 1.82) is 0 Å². The minimum atomic E-state index is 0.356. The molecule has 0 spiro atoms. The summed E-state index contributed by atoms with van der Waals surface area (Å²) in [6.45, 7) is 6.65. The van der Waals surface area contributed by atoms with E-state index < -0.39 is 0 Å². The number of methoxy groups -OCH3 is 1. The number of aromatic nitrogens is 4. The van der Waals surface area contributed by atoms with E-state index in [1.807, 2.05) is 13.0 Å². The van der Waals surface area contributed by atoms with Crippen molar-refractivity contribution in [1.82, 2.24) is 25.5 Å². The van der Waals surface area contributed by atoms with Crippen LogP contribution in [-0.2, 0) is 6.54 Å². The van der Waals surface area contributed by atoms with Crippen molar-refractivity contribution in [3.8, 4) is 11.4 Å². The number of halogens is 1. The average Bonchev–Trinajstić information content (AvgIpc) is 2.87. The fourth-order valence-electron chi connectivity index (χ4n) is 1.78. The lowest BCUT2D eigenvalue weighted by molar-refractivity contribution is 0.410. The van der Waals surface area contributed by atoms with Gasteiger partial charge in [-0.05, 0) is 29.0 Å². The molecule has 1 N–H and O–H groups in total. The maximum absolute atomic E-state index is 6.12. The number of ether oxygens (including phenoxy) is 1. The van der Waals surface area contributed by atoms with E-state index in [1.165, 1.54) is 0 Å².